The number of furan rings is 1. The highest BCUT2D eigenvalue weighted by atomic mass is 16.5. The number of primary amides is 1. The molecule has 162 valence electrons. The summed E-state index contributed by atoms with van der Waals surface area (Å²) in [7, 11) is 0. The van der Waals surface area contributed by atoms with E-state index in [9.17, 15) is 19.2 Å². The Labute approximate surface area is 174 Å². The Morgan fingerprint density at radius 1 is 1.23 bits per heavy atom. The van der Waals surface area contributed by atoms with Crippen molar-refractivity contribution in [3.63, 3.8) is 0 Å². The van der Waals surface area contributed by atoms with Crippen molar-refractivity contribution in [1.82, 2.24) is 5.32 Å². The maximum atomic E-state index is 13.7. The number of ether oxygens (including phenoxy) is 1. The summed E-state index contributed by atoms with van der Waals surface area (Å²) in [5.74, 6) is -2.89. The summed E-state index contributed by atoms with van der Waals surface area (Å²) < 4.78 is 10.9. The number of fused-ring (bicyclic) bond motifs is 3. The van der Waals surface area contributed by atoms with Crippen molar-refractivity contribution in [2.24, 2.45) is 34.3 Å². The van der Waals surface area contributed by atoms with E-state index in [2.05, 4.69) is 5.32 Å². The molecule has 0 radical (unpaired) electrons. The minimum Gasteiger partial charge on any atom is -0.472 e. The summed E-state index contributed by atoms with van der Waals surface area (Å²) in [5, 5.41) is 2.70. The molecule has 0 unspecified atom stereocenters. The van der Waals surface area contributed by atoms with E-state index in [1.165, 1.54) is 13.2 Å². The van der Waals surface area contributed by atoms with Crippen molar-refractivity contribution in [2.45, 2.75) is 58.6 Å². The molecular weight excluding hydrogens is 388 g/mol. The molecule has 2 heterocycles. The molecule has 0 bridgehead atoms. The van der Waals surface area contributed by atoms with Crippen LogP contribution in [-0.2, 0) is 23.9 Å². The van der Waals surface area contributed by atoms with E-state index in [0.29, 0.717) is 19.3 Å². The molecule has 2 saturated carbocycles. The Kier molecular flexibility index (Phi) is 4.78. The zero-order valence-corrected chi connectivity index (χ0v) is 17.5. The van der Waals surface area contributed by atoms with Gasteiger partial charge in [0.2, 0.25) is 11.8 Å². The molecule has 3 fully saturated rings. The van der Waals surface area contributed by atoms with E-state index < -0.39 is 46.6 Å². The van der Waals surface area contributed by atoms with Gasteiger partial charge in [0.25, 0.3) is 0 Å². The van der Waals surface area contributed by atoms with Crippen LogP contribution in [0.4, 0.5) is 0 Å². The molecule has 1 aromatic heterocycles. The number of hydrogen-bond donors (Lipinski definition) is 2. The van der Waals surface area contributed by atoms with E-state index in [0.717, 1.165) is 5.56 Å². The Hall–Kier alpha value is -2.64. The van der Waals surface area contributed by atoms with E-state index in [4.69, 9.17) is 14.9 Å². The number of cyclic esters (lactones) is 1. The van der Waals surface area contributed by atoms with Gasteiger partial charge in [-0.05, 0) is 42.6 Å². The molecule has 2 amide bonds. The number of rotatable bonds is 3. The second-order valence-electron chi connectivity index (χ2n) is 9.57. The lowest BCUT2D eigenvalue weighted by Crippen LogP contribution is -2.66. The molecule has 2 aliphatic carbocycles. The summed E-state index contributed by atoms with van der Waals surface area (Å²) >= 11 is 0. The number of carbonyl (C=O) groups excluding carboxylic acids is 4. The van der Waals surface area contributed by atoms with Crippen LogP contribution in [0.25, 0.3) is 0 Å². The molecule has 1 saturated heterocycles. The average Bonchev–Trinajstić information content (AvgIpc) is 3.17. The first kappa shape index (κ1) is 20.6. The number of amides is 2. The van der Waals surface area contributed by atoms with Gasteiger partial charge in [-0.2, -0.15) is 0 Å². The van der Waals surface area contributed by atoms with Crippen LogP contribution >= 0.6 is 0 Å². The van der Waals surface area contributed by atoms with E-state index in [-0.39, 0.29) is 24.1 Å². The predicted molar refractivity (Wildman–Crippen MR) is 104 cm³/mol. The van der Waals surface area contributed by atoms with Crippen molar-refractivity contribution in [3.8, 4) is 0 Å². The lowest BCUT2D eigenvalue weighted by Gasteiger charge is -2.61. The van der Waals surface area contributed by atoms with Crippen molar-refractivity contribution in [3.05, 3.63) is 24.2 Å². The second-order valence-corrected chi connectivity index (χ2v) is 9.57. The lowest BCUT2D eigenvalue weighted by molar-refractivity contribution is -0.201. The normalized spacial score (nSPS) is 40.7. The number of Topliss-reactive ketones (excluding diaryl/α,β-unsaturated/α-hetero) is 1. The van der Waals surface area contributed by atoms with Crippen LogP contribution in [0.2, 0.25) is 0 Å². The first-order valence-electron chi connectivity index (χ1n) is 10.4. The topological polar surface area (TPSA) is 129 Å². The summed E-state index contributed by atoms with van der Waals surface area (Å²) in [4.78, 5) is 50.8. The molecule has 8 heteroatoms. The Balaban J connectivity index is 1.79. The quantitative estimate of drug-likeness (QED) is 0.724. The number of esters is 1. The van der Waals surface area contributed by atoms with Gasteiger partial charge >= 0.3 is 5.97 Å². The number of nitrogens with one attached hydrogen (secondary N) is 1. The maximum absolute atomic E-state index is 13.7. The molecule has 0 spiro atoms. The number of hydrogen-bond acceptors (Lipinski definition) is 6. The largest absolute Gasteiger partial charge is 0.472 e. The van der Waals surface area contributed by atoms with Gasteiger partial charge in [0.05, 0.1) is 24.5 Å². The molecule has 1 aliphatic heterocycles. The fraction of sp³-hybridized carbons (Fsp3) is 0.636. The van der Waals surface area contributed by atoms with Crippen LogP contribution in [0.3, 0.4) is 0 Å². The molecule has 3 N–H and O–H groups in total. The fourth-order valence-corrected chi connectivity index (χ4v) is 6.50. The summed E-state index contributed by atoms with van der Waals surface area (Å²) in [6.45, 7) is 5.22. The van der Waals surface area contributed by atoms with Crippen LogP contribution in [0, 0.1) is 28.6 Å². The van der Waals surface area contributed by atoms with Crippen molar-refractivity contribution < 1.29 is 28.3 Å². The van der Waals surface area contributed by atoms with Crippen LogP contribution in [-0.4, -0.2) is 29.6 Å². The van der Waals surface area contributed by atoms with Crippen LogP contribution in [0.1, 0.15) is 58.1 Å². The fourth-order valence-electron chi connectivity index (χ4n) is 6.50. The lowest BCUT2D eigenvalue weighted by atomic mass is 9.42. The summed E-state index contributed by atoms with van der Waals surface area (Å²) in [5.41, 5.74) is 5.10. The Morgan fingerprint density at radius 3 is 2.57 bits per heavy atom. The Bertz CT molecular complexity index is 895. The average molecular weight is 416 g/mol. The predicted octanol–water partition coefficient (Wildman–Crippen LogP) is 1.89. The van der Waals surface area contributed by atoms with E-state index >= 15 is 0 Å². The molecule has 8 nitrogen and oxygen atoms in total. The number of carbonyl (C=O) groups is 4. The highest BCUT2D eigenvalue weighted by molar-refractivity contribution is 5.95. The van der Waals surface area contributed by atoms with E-state index in [1.54, 1.807) is 12.3 Å². The number of ketones is 1. The summed E-state index contributed by atoms with van der Waals surface area (Å²) in [6, 6.07) is 0.956. The molecule has 0 aromatic carbocycles. The van der Waals surface area contributed by atoms with Gasteiger partial charge < -0.3 is 20.2 Å². The monoisotopic (exact) mass is 416 g/mol. The first-order chi connectivity index (χ1) is 14.1. The summed E-state index contributed by atoms with van der Waals surface area (Å²) in [6.07, 6.45) is 4.21. The Morgan fingerprint density at radius 2 is 1.97 bits per heavy atom. The highest BCUT2D eigenvalue weighted by Crippen LogP contribution is 2.64. The van der Waals surface area contributed by atoms with Gasteiger partial charge in [0, 0.05) is 24.3 Å². The van der Waals surface area contributed by atoms with E-state index in [1.807, 2.05) is 13.8 Å². The number of nitrogens with two attached hydrogens (primary N) is 1. The highest BCUT2D eigenvalue weighted by Gasteiger charge is 2.66. The van der Waals surface area contributed by atoms with Gasteiger partial charge in [-0.1, -0.05) is 13.8 Å². The molecule has 1 aromatic rings. The van der Waals surface area contributed by atoms with Crippen LogP contribution in [0.5, 0.6) is 0 Å². The van der Waals surface area contributed by atoms with Gasteiger partial charge in [0.15, 0.2) is 5.78 Å². The third kappa shape index (κ3) is 2.96. The van der Waals surface area contributed by atoms with Gasteiger partial charge in [-0.15, -0.1) is 0 Å². The smallest absolute Gasteiger partial charge is 0.310 e. The maximum Gasteiger partial charge on any atom is 0.310 e. The molecule has 30 heavy (non-hydrogen) atoms. The second kappa shape index (κ2) is 6.96. The molecule has 3 aliphatic rings. The van der Waals surface area contributed by atoms with Crippen molar-refractivity contribution >= 4 is 23.6 Å². The van der Waals surface area contributed by atoms with Crippen LogP contribution in [0.15, 0.2) is 23.0 Å². The minimum absolute atomic E-state index is 0.127. The zero-order chi connectivity index (χ0) is 21.8. The third-order valence-corrected chi connectivity index (χ3v) is 7.79. The third-order valence-electron chi connectivity index (χ3n) is 7.79. The zero-order valence-electron chi connectivity index (χ0n) is 17.5. The molecule has 4 rings (SSSR count). The van der Waals surface area contributed by atoms with Gasteiger partial charge in [0.1, 0.15) is 6.10 Å². The minimum atomic E-state index is -0.793. The molecular formula is C22H28N2O6. The van der Waals surface area contributed by atoms with Crippen molar-refractivity contribution in [1.29, 1.82) is 0 Å². The SMILES string of the molecule is CC(=O)N[C@H]1C[C@@H](C(N)=O)[C@]2(C)CC[C@H]3C(=O)O[C@H](c4ccoc4)C[C@]3(C)[C@H]2C1=O. The first-order valence-corrected chi connectivity index (χ1v) is 10.4. The van der Waals surface area contributed by atoms with Crippen molar-refractivity contribution in [2.75, 3.05) is 0 Å². The van der Waals surface area contributed by atoms with Crippen LogP contribution < -0.4 is 11.1 Å². The van der Waals surface area contributed by atoms with Gasteiger partial charge in [-0.25, -0.2) is 0 Å². The standard InChI is InChI=1S/C22H28N2O6/c1-11(25)24-15-8-14(19(23)27)21(2)6-4-13-20(28)30-16(12-5-7-29-10-12)9-22(13,3)18(21)17(15)26/h5,7,10,13-16,18H,4,6,8-9H2,1-3H3,(H2,23,27)(H,24,25)/t13-,14-,15-,16-,18-,21-,22-/m0/s1. The van der Waals surface area contributed by atoms with Gasteiger partial charge in [-0.3, -0.25) is 19.2 Å². The molecule has 7 atom stereocenters.